The smallest absolute Gasteiger partial charge is 0.254 e. The highest BCUT2D eigenvalue weighted by molar-refractivity contribution is 9.10. The largest absolute Gasteiger partial charge is 0.368 e. The van der Waals surface area contributed by atoms with Crippen molar-refractivity contribution >= 4 is 38.4 Å². The molecule has 1 saturated heterocycles. The summed E-state index contributed by atoms with van der Waals surface area (Å²) in [4.78, 5) is 16.4. The van der Waals surface area contributed by atoms with E-state index in [-0.39, 0.29) is 12.0 Å². The van der Waals surface area contributed by atoms with Crippen LogP contribution in [-0.4, -0.2) is 23.6 Å². The van der Waals surface area contributed by atoms with Crippen LogP contribution in [0.1, 0.15) is 12.8 Å². The Morgan fingerprint density at radius 3 is 3.05 bits per heavy atom. The third-order valence-corrected chi connectivity index (χ3v) is 3.58. The Labute approximate surface area is 119 Å². The van der Waals surface area contributed by atoms with Crippen molar-refractivity contribution in [2.24, 2.45) is 0 Å². The Morgan fingerprint density at radius 2 is 2.26 bits per heavy atom. The maximum Gasteiger partial charge on any atom is 0.254 e. The van der Waals surface area contributed by atoms with E-state index in [1.807, 2.05) is 30.3 Å². The molecule has 2 aromatic rings. The molecule has 1 amide bonds. The number of rotatable bonds is 2. The first kappa shape index (κ1) is 12.6. The van der Waals surface area contributed by atoms with Crippen LogP contribution in [-0.2, 0) is 9.53 Å². The fourth-order valence-corrected chi connectivity index (χ4v) is 2.67. The van der Waals surface area contributed by atoms with Crippen molar-refractivity contribution in [1.29, 1.82) is 0 Å². The zero-order valence-electron chi connectivity index (χ0n) is 10.2. The normalized spacial score (nSPS) is 18.7. The van der Waals surface area contributed by atoms with E-state index in [0.29, 0.717) is 17.0 Å². The fourth-order valence-electron chi connectivity index (χ4n) is 2.24. The van der Waals surface area contributed by atoms with Crippen molar-refractivity contribution in [3.63, 3.8) is 0 Å². The van der Waals surface area contributed by atoms with Gasteiger partial charge >= 0.3 is 0 Å². The van der Waals surface area contributed by atoms with Crippen LogP contribution in [0.4, 0.5) is 5.82 Å². The molecule has 1 atom stereocenters. The molecule has 98 valence electrons. The van der Waals surface area contributed by atoms with Crippen LogP contribution in [0.5, 0.6) is 0 Å². The second-order valence-corrected chi connectivity index (χ2v) is 5.32. The molecule has 1 aromatic heterocycles. The number of ether oxygens (including phenoxy) is 1. The van der Waals surface area contributed by atoms with Crippen molar-refractivity contribution < 1.29 is 9.53 Å². The number of fused-ring (bicyclic) bond motifs is 1. The topological polar surface area (TPSA) is 51.2 Å². The summed E-state index contributed by atoms with van der Waals surface area (Å²) < 4.78 is 6.08. The van der Waals surface area contributed by atoms with E-state index in [2.05, 4.69) is 26.2 Å². The average molecular weight is 321 g/mol. The molecule has 0 saturated carbocycles. The molecular weight excluding hydrogens is 308 g/mol. The lowest BCUT2D eigenvalue weighted by Crippen LogP contribution is -2.27. The summed E-state index contributed by atoms with van der Waals surface area (Å²) in [6.45, 7) is 0.657. The van der Waals surface area contributed by atoms with Gasteiger partial charge in [-0.05, 0) is 40.2 Å². The van der Waals surface area contributed by atoms with E-state index < -0.39 is 0 Å². The molecule has 0 unspecified atom stereocenters. The molecule has 19 heavy (non-hydrogen) atoms. The molecule has 0 aliphatic carbocycles. The van der Waals surface area contributed by atoms with Gasteiger partial charge in [0, 0.05) is 12.0 Å². The van der Waals surface area contributed by atoms with Gasteiger partial charge in [-0.3, -0.25) is 4.79 Å². The molecule has 1 fully saturated rings. The predicted molar refractivity (Wildman–Crippen MR) is 77.0 cm³/mol. The number of carbonyl (C=O) groups is 1. The number of nitrogens with one attached hydrogen (secondary N) is 1. The van der Waals surface area contributed by atoms with Crippen LogP contribution >= 0.6 is 15.9 Å². The number of carbonyl (C=O) groups excluding carboxylic acids is 1. The number of aromatic nitrogens is 1. The maximum atomic E-state index is 12.1. The first-order valence-corrected chi connectivity index (χ1v) is 7.01. The van der Waals surface area contributed by atoms with Gasteiger partial charge in [-0.1, -0.05) is 24.3 Å². The van der Waals surface area contributed by atoms with Crippen molar-refractivity contribution in [1.82, 2.24) is 4.98 Å². The van der Waals surface area contributed by atoms with E-state index in [9.17, 15) is 4.79 Å². The second-order valence-electron chi connectivity index (χ2n) is 4.51. The van der Waals surface area contributed by atoms with E-state index in [1.54, 1.807) is 0 Å². The third kappa shape index (κ3) is 2.62. The number of nitrogens with zero attached hydrogens (tertiary/aromatic N) is 1. The minimum absolute atomic E-state index is 0.117. The first-order chi connectivity index (χ1) is 9.24. The van der Waals surface area contributed by atoms with Crippen molar-refractivity contribution in [3.8, 4) is 0 Å². The molecule has 0 bridgehead atoms. The zero-order chi connectivity index (χ0) is 13.2. The van der Waals surface area contributed by atoms with Crippen molar-refractivity contribution in [2.75, 3.05) is 11.9 Å². The summed E-state index contributed by atoms with van der Waals surface area (Å²) in [5, 5.41) is 4.82. The molecule has 0 radical (unpaired) electrons. The van der Waals surface area contributed by atoms with Crippen LogP contribution in [0.2, 0.25) is 0 Å². The van der Waals surface area contributed by atoms with Crippen molar-refractivity contribution in [3.05, 3.63) is 34.9 Å². The van der Waals surface area contributed by atoms with Crippen LogP contribution in [0.25, 0.3) is 10.8 Å². The van der Waals surface area contributed by atoms with Crippen LogP contribution in [0.3, 0.4) is 0 Å². The lowest BCUT2D eigenvalue weighted by Gasteiger charge is -2.12. The Morgan fingerprint density at radius 1 is 1.42 bits per heavy atom. The molecular formula is C14H13BrN2O2. The van der Waals surface area contributed by atoms with E-state index in [4.69, 9.17) is 4.74 Å². The summed E-state index contributed by atoms with van der Waals surface area (Å²) in [6, 6.07) is 9.75. The summed E-state index contributed by atoms with van der Waals surface area (Å²) in [7, 11) is 0. The van der Waals surface area contributed by atoms with Crippen LogP contribution in [0, 0.1) is 0 Å². The summed E-state index contributed by atoms with van der Waals surface area (Å²) in [6.07, 6.45) is 1.36. The first-order valence-electron chi connectivity index (χ1n) is 6.22. The van der Waals surface area contributed by atoms with Gasteiger partial charge in [0.15, 0.2) is 0 Å². The molecule has 5 heteroatoms. The Kier molecular flexibility index (Phi) is 3.48. The van der Waals surface area contributed by atoms with Gasteiger partial charge in [0.1, 0.15) is 16.5 Å². The van der Waals surface area contributed by atoms with E-state index >= 15 is 0 Å². The Hall–Kier alpha value is -1.46. The monoisotopic (exact) mass is 320 g/mol. The minimum Gasteiger partial charge on any atom is -0.368 e. The number of anilines is 1. The second kappa shape index (κ2) is 5.27. The highest BCUT2D eigenvalue weighted by Gasteiger charge is 2.24. The fraction of sp³-hybridized carbons (Fsp3) is 0.286. The lowest BCUT2D eigenvalue weighted by atomic mass is 10.1. The van der Waals surface area contributed by atoms with Gasteiger partial charge < -0.3 is 10.1 Å². The van der Waals surface area contributed by atoms with Crippen LogP contribution in [0.15, 0.2) is 34.9 Å². The lowest BCUT2D eigenvalue weighted by molar-refractivity contribution is -0.124. The minimum atomic E-state index is -0.348. The standard InChI is InChI=1S/C14H13BrN2O2/c15-12-8-9-4-1-2-5-10(9)13(16-12)17-14(18)11-6-3-7-19-11/h1-2,4-5,8,11H,3,6-7H2,(H,16,17,18)/t11-/m1/s1. The maximum absolute atomic E-state index is 12.1. The molecule has 4 nitrogen and oxygen atoms in total. The Bertz CT molecular complexity index is 624. The third-order valence-electron chi connectivity index (χ3n) is 3.17. The van der Waals surface area contributed by atoms with Gasteiger partial charge in [0.25, 0.3) is 5.91 Å². The Balaban J connectivity index is 1.93. The molecule has 1 aliphatic heterocycles. The highest BCUT2D eigenvalue weighted by Crippen LogP contribution is 2.25. The summed E-state index contributed by atoms with van der Waals surface area (Å²) in [5.74, 6) is 0.457. The number of pyridine rings is 1. The molecule has 1 aliphatic rings. The van der Waals surface area contributed by atoms with Crippen LogP contribution < -0.4 is 5.32 Å². The molecule has 3 rings (SSSR count). The summed E-state index contributed by atoms with van der Waals surface area (Å²) >= 11 is 3.36. The van der Waals surface area contributed by atoms with Gasteiger partial charge in [0.2, 0.25) is 0 Å². The van der Waals surface area contributed by atoms with Crippen molar-refractivity contribution in [2.45, 2.75) is 18.9 Å². The SMILES string of the molecule is O=C(Nc1nc(Br)cc2ccccc12)[C@H]1CCCO1. The molecule has 1 aromatic carbocycles. The number of hydrogen-bond acceptors (Lipinski definition) is 3. The number of amides is 1. The van der Waals surface area contributed by atoms with Gasteiger partial charge in [-0.25, -0.2) is 4.98 Å². The van der Waals surface area contributed by atoms with E-state index in [1.165, 1.54) is 0 Å². The number of benzene rings is 1. The molecule has 2 heterocycles. The van der Waals surface area contributed by atoms with Gasteiger partial charge in [-0.2, -0.15) is 0 Å². The molecule has 1 N–H and O–H groups in total. The number of halogens is 1. The van der Waals surface area contributed by atoms with Gasteiger partial charge in [-0.15, -0.1) is 0 Å². The predicted octanol–water partition coefficient (Wildman–Crippen LogP) is 3.11. The highest BCUT2D eigenvalue weighted by atomic mass is 79.9. The number of hydrogen-bond donors (Lipinski definition) is 1. The average Bonchev–Trinajstić information content (AvgIpc) is 2.92. The van der Waals surface area contributed by atoms with Gasteiger partial charge in [0.05, 0.1) is 0 Å². The summed E-state index contributed by atoms with van der Waals surface area (Å²) in [5.41, 5.74) is 0. The van der Waals surface area contributed by atoms with E-state index in [0.717, 1.165) is 23.6 Å². The quantitative estimate of drug-likeness (QED) is 0.865. The zero-order valence-corrected chi connectivity index (χ0v) is 11.8. The molecule has 0 spiro atoms.